The average Bonchev–Trinajstić information content (AvgIpc) is 2.87. The molecule has 2 saturated carbocycles. The standard InChI is InChI=1S/C17H28N2S/c1-11-6-14(10-17(2,3)9-11)18-16(20)19-15-8-12-4-5-13(15)7-12/h4-5,11-15H,6-10H2,1-3H3,(H2,18,19,20)/t11-,12+,13+,14+,15+/m0/s1. The molecule has 5 atom stereocenters. The molecule has 2 bridgehead atoms. The predicted molar refractivity (Wildman–Crippen MR) is 88.6 cm³/mol. The molecule has 3 aliphatic carbocycles. The molecule has 0 aromatic rings. The van der Waals surface area contributed by atoms with Gasteiger partial charge in [-0.25, -0.2) is 0 Å². The van der Waals surface area contributed by atoms with Crippen LogP contribution in [0.4, 0.5) is 0 Å². The van der Waals surface area contributed by atoms with Crippen molar-refractivity contribution in [3.63, 3.8) is 0 Å². The number of nitrogens with one attached hydrogen (secondary N) is 2. The zero-order chi connectivity index (χ0) is 14.3. The lowest BCUT2D eigenvalue weighted by Crippen LogP contribution is -2.50. The maximum Gasteiger partial charge on any atom is 0.166 e. The van der Waals surface area contributed by atoms with Gasteiger partial charge in [0.05, 0.1) is 0 Å². The lowest BCUT2D eigenvalue weighted by Gasteiger charge is -2.40. The Morgan fingerprint density at radius 3 is 2.50 bits per heavy atom. The molecule has 112 valence electrons. The summed E-state index contributed by atoms with van der Waals surface area (Å²) >= 11 is 5.55. The lowest BCUT2D eigenvalue weighted by molar-refractivity contribution is 0.161. The highest BCUT2D eigenvalue weighted by Crippen LogP contribution is 2.40. The largest absolute Gasteiger partial charge is 0.360 e. The molecule has 3 rings (SSSR count). The molecule has 0 aliphatic heterocycles. The molecule has 0 aromatic carbocycles. The number of thiocarbonyl (C=S) groups is 1. The number of hydrogen-bond acceptors (Lipinski definition) is 1. The van der Waals surface area contributed by atoms with Crippen molar-refractivity contribution in [2.24, 2.45) is 23.2 Å². The topological polar surface area (TPSA) is 24.1 Å². The van der Waals surface area contributed by atoms with Crippen molar-refractivity contribution < 1.29 is 0 Å². The third-order valence-corrected chi connectivity index (χ3v) is 5.55. The molecule has 0 unspecified atom stereocenters. The highest BCUT2D eigenvalue weighted by atomic mass is 32.1. The van der Waals surface area contributed by atoms with Crippen molar-refractivity contribution in [2.45, 2.75) is 65.0 Å². The van der Waals surface area contributed by atoms with Crippen LogP contribution in [0.15, 0.2) is 12.2 Å². The van der Waals surface area contributed by atoms with Gasteiger partial charge in [-0.05, 0) is 67.5 Å². The Hall–Kier alpha value is -0.570. The summed E-state index contributed by atoms with van der Waals surface area (Å²) in [7, 11) is 0. The monoisotopic (exact) mass is 292 g/mol. The van der Waals surface area contributed by atoms with Crippen LogP contribution in [0.3, 0.4) is 0 Å². The predicted octanol–water partition coefficient (Wildman–Crippen LogP) is 3.63. The molecule has 0 amide bonds. The Morgan fingerprint density at radius 2 is 1.90 bits per heavy atom. The van der Waals surface area contributed by atoms with Crippen LogP contribution in [0.5, 0.6) is 0 Å². The third kappa shape index (κ3) is 3.19. The maximum atomic E-state index is 5.55. The number of fused-ring (bicyclic) bond motifs is 2. The molecule has 0 radical (unpaired) electrons. The SMILES string of the molecule is C[C@H]1C[C@@H](NC(=S)N[C@@H]2C[C@@H]3C=C[C@@H]2C3)CC(C)(C)C1. The molecular weight excluding hydrogens is 264 g/mol. The van der Waals surface area contributed by atoms with Crippen molar-refractivity contribution in [1.82, 2.24) is 10.6 Å². The first-order valence-corrected chi connectivity index (χ1v) is 8.57. The Morgan fingerprint density at radius 1 is 1.10 bits per heavy atom. The number of allylic oxidation sites excluding steroid dienone is 1. The first-order valence-electron chi connectivity index (χ1n) is 8.17. The molecular formula is C17H28N2S. The molecule has 2 fully saturated rings. The van der Waals surface area contributed by atoms with Crippen molar-refractivity contribution in [3.05, 3.63) is 12.2 Å². The van der Waals surface area contributed by atoms with Gasteiger partial charge in [0, 0.05) is 12.1 Å². The van der Waals surface area contributed by atoms with Gasteiger partial charge in [-0.15, -0.1) is 0 Å². The summed E-state index contributed by atoms with van der Waals surface area (Å²) in [4.78, 5) is 0. The van der Waals surface area contributed by atoms with Crippen LogP contribution in [0.2, 0.25) is 0 Å². The van der Waals surface area contributed by atoms with E-state index in [1.165, 1.54) is 32.1 Å². The Balaban J connectivity index is 1.50. The Labute approximate surface area is 128 Å². The van der Waals surface area contributed by atoms with Gasteiger partial charge in [-0.3, -0.25) is 0 Å². The summed E-state index contributed by atoms with van der Waals surface area (Å²) in [5, 5.41) is 8.04. The highest BCUT2D eigenvalue weighted by Gasteiger charge is 2.36. The van der Waals surface area contributed by atoms with E-state index in [4.69, 9.17) is 12.2 Å². The zero-order valence-corrected chi connectivity index (χ0v) is 13.8. The van der Waals surface area contributed by atoms with E-state index >= 15 is 0 Å². The van der Waals surface area contributed by atoms with Crippen LogP contribution in [-0.2, 0) is 0 Å². The summed E-state index contributed by atoms with van der Waals surface area (Å²) in [6.07, 6.45) is 11.2. The van der Waals surface area contributed by atoms with E-state index < -0.39 is 0 Å². The van der Waals surface area contributed by atoms with Gasteiger partial charge in [0.2, 0.25) is 0 Å². The summed E-state index contributed by atoms with van der Waals surface area (Å²) in [5.41, 5.74) is 0.445. The van der Waals surface area contributed by atoms with Gasteiger partial charge in [0.15, 0.2) is 5.11 Å². The van der Waals surface area contributed by atoms with Crippen molar-refractivity contribution in [2.75, 3.05) is 0 Å². The average molecular weight is 292 g/mol. The number of rotatable bonds is 2. The molecule has 0 saturated heterocycles. The second-order valence-electron chi connectivity index (χ2n) is 8.11. The molecule has 3 heteroatoms. The molecule has 2 N–H and O–H groups in total. The Bertz CT molecular complexity index is 415. The summed E-state index contributed by atoms with van der Waals surface area (Å²) in [6.45, 7) is 7.13. The fourth-order valence-corrected chi connectivity index (χ4v) is 5.12. The molecule has 0 spiro atoms. The van der Waals surface area contributed by atoms with Crippen LogP contribution in [-0.4, -0.2) is 17.2 Å². The third-order valence-electron chi connectivity index (χ3n) is 5.32. The first-order chi connectivity index (χ1) is 9.41. The fourth-order valence-electron chi connectivity index (χ4n) is 4.80. The smallest absolute Gasteiger partial charge is 0.166 e. The molecule has 20 heavy (non-hydrogen) atoms. The van der Waals surface area contributed by atoms with Gasteiger partial charge in [0.1, 0.15) is 0 Å². The normalized spacial score (nSPS) is 41.6. The molecule has 3 aliphatic rings. The van der Waals surface area contributed by atoms with E-state index in [1.807, 2.05) is 0 Å². The van der Waals surface area contributed by atoms with E-state index in [-0.39, 0.29) is 0 Å². The first kappa shape index (κ1) is 14.4. The fraction of sp³-hybridized carbons (Fsp3) is 0.824. The summed E-state index contributed by atoms with van der Waals surface area (Å²) in [5.74, 6) is 2.31. The molecule has 2 nitrogen and oxygen atoms in total. The second-order valence-corrected chi connectivity index (χ2v) is 8.52. The van der Waals surface area contributed by atoms with Crippen molar-refractivity contribution in [3.8, 4) is 0 Å². The summed E-state index contributed by atoms with van der Waals surface area (Å²) in [6, 6.07) is 1.11. The van der Waals surface area contributed by atoms with Gasteiger partial charge < -0.3 is 10.6 Å². The van der Waals surface area contributed by atoms with Crippen LogP contribution in [0, 0.1) is 23.2 Å². The van der Waals surface area contributed by atoms with Gasteiger partial charge in [0.25, 0.3) is 0 Å². The highest BCUT2D eigenvalue weighted by molar-refractivity contribution is 7.80. The minimum absolute atomic E-state index is 0.445. The maximum absolute atomic E-state index is 5.55. The zero-order valence-electron chi connectivity index (χ0n) is 13.0. The minimum Gasteiger partial charge on any atom is -0.360 e. The van der Waals surface area contributed by atoms with Crippen molar-refractivity contribution >= 4 is 17.3 Å². The van der Waals surface area contributed by atoms with E-state index in [2.05, 4.69) is 43.6 Å². The second kappa shape index (κ2) is 5.32. The van der Waals surface area contributed by atoms with E-state index in [0.717, 1.165) is 16.9 Å². The summed E-state index contributed by atoms with van der Waals surface area (Å²) < 4.78 is 0. The lowest BCUT2D eigenvalue weighted by atomic mass is 9.71. The molecule has 0 heterocycles. The number of hydrogen-bond donors (Lipinski definition) is 2. The van der Waals surface area contributed by atoms with E-state index in [1.54, 1.807) is 0 Å². The van der Waals surface area contributed by atoms with Gasteiger partial charge in [-0.1, -0.05) is 32.9 Å². The van der Waals surface area contributed by atoms with Crippen LogP contribution in [0.25, 0.3) is 0 Å². The van der Waals surface area contributed by atoms with Crippen LogP contribution in [0.1, 0.15) is 52.9 Å². The quantitative estimate of drug-likeness (QED) is 0.600. The van der Waals surface area contributed by atoms with Gasteiger partial charge in [-0.2, -0.15) is 0 Å². The van der Waals surface area contributed by atoms with Crippen LogP contribution >= 0.6 is 12.2 Å². The van der Waals surface area contributed by atoms with E-state index in [0.29, 0.717) is 23.4 Å². The van der Waals surface area contributed by atoms with E-state index in [9.17, 15) is 0 Å². The Kier molecular flexibility index (Phi) is 3.83. The van der Waals surface area contributed by atoms with Crippen LogP contribution < -0.4 is 10.6 Å². The molecule has 0 aromatic heterocycles. The minimum atomic E-state index is 0.445. The van der Waals surface area contributed by atoms with Crippen molar-refractivity contribution in [1.29, 1.82) is 0 Å². The van der Waals surface area contributed by atoms with Gasteiger partial charge >= 0.3 is 0 Å².